The van der Waals surface area contributed by atoms with Crippen LogP contribution in [0.3, 0.4) is 0 Å². The average molecular weight is 314 g/mol. The molecule has 112 valence electrons. The van der Waals surface area contributed by atoms with Crippen LogP contribution in [0.15, 0.2) is 45.8 Å². The van der Waals surface area contributed by atoms with Crippen LogP contribution in [0.5, 0.6) is 0 Å². The Morgan fingerprint density at radius 3 is 2.55 bits per heavy atom. The third kappa shape index (κ3) is 4.14. The Balaban J connectivity index is 2.06. The van der Waals surface area contributed by atoms with Crippen LogP contribution in [0.2, 0.25) is 0 Å². The maximum atomic E-state index is 11.9. The molecular weight excluding hydrogens is 300 g/mol. The summed E-state index contributed by atoms with van der Waals surface area (Å²) in [5.41, 5.74) is 1.32. The highest BCUT2D eigenvalue weighted by molar-refractivity contribution is 8.13. The summed E-state index contributed by atoms with van der Waals surface area (Å²) < 4.78 is 5.26. The minimum atomic E-state index is -0.305. The van der Waals surface area contributed by atoms with Gasteiger partial charge < -0.3 is 9.73 Å². The molecule has 1 heterocycles. The van der Waals surface area contributed by atoms with Crippen LogP contribution in [-0.2, 0) is 0 Å². The topological polar surface area (TPSA) is 90.4 Å². The number of amides is 1. The maximum absolute atomic E-state index is 11.9. The molecule has 2 N–H and O–H groups in total. The molecule has 2 aromatic rings. The largest absolute Gasteiger partial charge is 0.456 e. The van der Waals surface area contributed by atoms with Crippen LogP contribution in [0, 0.1) is 18.4 Å². The lowest BCUT2D eigenvalue weighted by molar-refractivity contribution is 0.0995. The molecule has 1 aromatic carbocycles. The Morgan fingerprint density at radius 1 is 1.27 bits per heavy atom. The summed E-state index contributed by atoms with van der Waals surface area (Å²) in [5.74, 6) is 0.646. The number of nitrogens with one attached hydrogen (secondary N) is 2. The van der Waals surface area contributed by atoms with Gasteiger partial charge in [0.1, 0.15) is 5.76 Å². The van der Waals surface area contributed by atoms with Crippen LogP contribution < -0.4 is 10.6 Å². The minimum absolute atomic E-state index is 0.266. The Kier molecular flexibility index (Phi) is 5.22. The molecule has 0 bridgehead atoms. The van der Waals surface area contributed by atoms with E-state index < -0.39 is 0 Å². The molecule has 0 unspecified atom stereocenters. The quantitative estimate of drug-likeness (QED) is 0.393. The van der Waals surface area contributed by atoms with Crippen LogP contribution in [0.25, 0.3) is 0 Å². The number of nitriles is 1. The number of furan rings is 1. The summed E-state index contributed by atoms with van der Waals surface area (Å²) in [4.78, 5) is 16.2. The SMILES string of the molecule is CSC(=Nc1ccc(NC(=O)c2ccc(C)o2)cc1)NC#N. The van der Waals surface area contributed by atoms with Crippen molar-refractivity contribution in [3.63, 3.8) is 0 Å². The summed E-state index contributed by atoms with van der Waals surface area (Å²) in [7, 11) is 0. The first-order valence-corrected chi connectivity index (χ1v) is 7.60. The molecule has 1 aromatic heterocycles. The standard InChI is InChI=1S/C15H14N4O2S/c1-10-3-8-13(21-10)14(20)18-11-4-6-12(7-5-11)19-15(22-2)17-9-16/h3-8H,1-2H3,(H,17,19)(H,18,20). The average Bonchev–Trinajstić information content (AvgIpc) is 2.95. The molecule has 0 saturated carbocycles. The van der Waals surface area contributed by atoms with E-state index in [1.807, 2.05) is 12.4 Å². The van der Waals surface area contributed by atoms with Crippen molar-refractivity contribution in [2.45, 2.75) is 6.92 Å². The molecule has 7 heteroatoms. The molecular formula is C15H14N4O2S. The fourth-order valence-corrected chi connectivity index (χ4v) is 2.00. The van der Waals surface area contributed by atoms with Crippen LogP contribution in [0.1, 0.15) is 16.3 Å². The Bertz CT molecular complexity index is 729. The molecule has 0 fully saturated rings. The molecule has 6 nitrogen and oxygen atoms in total. The van der Waals surface area contributed by atoms with E-state index in [-0.39, 0.29) is 11.7 Å². The third-order valence-corrected chi connectivity index (χ3v) is 3.26. The van der Waals surface area contributed by atoms with Gasteiger partial charge in [-0.3, -0.25) is 10.1 Å². The first-order chi connectivity index (χ1) is 10.6. The molecule has 0 radical (unpaired) electrons. The molecule has 0 saturated heterocycles. The van der Waals surface area contributed by atoms with E-state index in [1.54, 1.807) is 43.3 Å². The van der Waals surface area contributed by atoms with E-state index >= 15 is 0 Å². The number of anilines is 1. The summed E-state index contributed by atoms with van der Waals surface area (Å²) in [5, 5.41) is 14.3. The zero-order valence-electron chi connectivity index (χ0n) is 12.1. The molecule has 2 rings (SSSR count). The summed E-state index contributed by atoms with van der Waals surface area (Å²) in [6, 6.07) is 10.3. The van der Waals surface area contributed by atoms with Crippen molar-refractivity contribution in [3.8, 4) is 6.19 Å². The van der Waals surface area contributed by atoms with Crippen molar-refractivity contribution in [2.75, 3.05) is 11.6 Å². The molecule has 0 atom stereocenters. The number of aryl methyl sites for hydroxylation is 1. The van der Waals surface area contributed by atoms with Crippen LogP contribution in [-0.4, -0.2) is 17.3 Å². The highest BCUT2D eigenvalue weighted by Gasteiger charge is 2.09. The number of hydrogen-bond acceptors (Lipinski definition) is 5. The number of aliphatic imine (C=N–C) groups is 1. The van der Waals surface area contributed by atoms with Crippen LogP contribution in [0.4, 0.5) is 11.4 Å². The molecule has 0 aliphatic heterocycles. The highest BCUT2D eigenvalue weighted by Crippen LogP contribution is 2.18. The van der Waals surface area contributed by atoms with Crippen molar-refractivity contribution in [3.05, 3.63) is 47.9 Å². The number of nitrogens with zero attached hydrogens (tertiary/aromatic N) is 2. The van der Waals surface area contributed by atoms with Gasteiger partial charge in [0, 0.05) is 5.69 Å². The van der Waals surface area contributed by atoms with Crippen molar-refractivity contribution < 1.29 is 9.21 Å². The van der Waals surface area contributed by atoms with Gasteiger partial charge in [-0.1, -0.05) is 11.8 Å². The van der Waals surface area contributed by atoms with Crippen molar-refractivity contribution in [1.82, 2.24) is 5.32 Å². The second-order valence-electron chi connectivity index (χ2n) is 4.27. The smallest absolute Gasteiger partial charge is 0.291 e. The van der Waals surface area contributed by atoms with Gasteiger partial charge in [0.15, 0.2) is 17.1 Å². The van der Waals surface area contributed by atoms with Crippen molar-refractivity contribution in [2.24, 2.45) is 4.99 Å². The van der Waals surface area contributed by atoms with Gasteiger partial charge >= 0.3 is 0 Å². The molecule has 1 amide bonds. The van der Waals surface area contributed by atoms with Crippen LogP contribution >= 0.6 is 11.8 Å². The number of thioether (sulfide) groups is 1. The summed E-state index contributed by atoms with van der Waals surface area (Å²) in [6.07, 6.45) is 3.65. The third-order valence-electron chi connectivity index (χ3n) is 2.68. The van der Waals surface area contributed by atoms with Gasteiger partial charge in [-0.15, -0.1) is 0 Å². The van der Waals surface area contributed by atoms with E-state index in [9.17, 15) is 4.79 Å². The van der Waals surface area contributed by atoms with Gasteiger partial charge in [-0.05, 0) is 49.6 Å². The maximum Gasteiger partial charge on any atom is 0.291 e. The Morgan fingerprint density at radius 2 is 2.00 bits per heavy atom. The number of rotatable bonds is 3. The Labute approximate surface area is 132 Å². The van der Waals surface area contributed by atoms with Gasteiger partial charge in [-0.2, -0.15) is 5.26 Å². The fourth-order valence-electron chi connectivity index (χ4n) is 1.66. The second-order valence-corrected chi connectivity index (χ2v) is 5.06. The van der Waals surface area contributed by atoms with E-state index in [1.165, 1.54) is 11.8 Å². The molecule has 0 aliphatic carbocycles. The molecule has 0 aliphatic rings. The Hall–Kier alpha value is -2.72. The number of amidine groups is 1. The van der Waals surface area contributed by atoms with Gasteiger partial charge in [0.05, 0.1) is 5.69 Å². The van der Waals surface area contributed by atoms with E-state index in [2.05, 4.69) is 15.6 Å². The van der Waals surface area contributed by atoms with Gasteiger partial charge in [-0.25, -0.2) is 4.99 Å². The first-order valence-electron chi connectivity index (χ1n) is 6.38. The first kappa shape index (κ1) is 15.7. The fraction of sp³-hybridized carbons (Fsp3) is 0.133. The van der Waals surface area contributed by atoms with E-state index in [4.69, 9.17) is 9.68 Å². The molecule has 22 heavy (non-hydrogen) atoms. The summed E-state index contributed by atoms with van der Waals surface area (Å²) >= 11 is 1.34. The predicted molar refractivity (Wildman–Crippen MR) is 87.2 cm³/mol. The van der Waals surface area contributed by atoms with Crippen molar-refractivity contribution >= 4 is 34.2 Å². The predicted octanol–water partition coefficient (Wildman–Crippen LogP) is 3.26. The zero-order chi connectivity index (χ0) is 15.9. The second kappa shape index (κ2) is 7.33. The zero-order valence-corrected chi connectivity index (χ0v) is 12.9. The monoisotopic (exact) mass is 314 g/mol. The summed E-state index contributed by atoms with van der Waals surface area (Å²) in [6.45, 7) is 1.78. The number of hydrogen-bond donors (Lipinski definition) is 2. The highest BCUT2D eigenvalue weighted by atomic mass is 32.2. The van der Waals surface area contributed by atoms with E-state index in [0.717, 1.165) is 0 Å². The molecule has 0 spiro atoms. The minimum Gasteiger partial charge on any atom is -0.456 e. The normalized spacial score (nSPS) is 10.9. The van der Waals surface area contributed by atoms with Crippen molar-refractivity contribution in [1.29, 1.82) is 5.26 Å². The van der Waals surface area contributed by atoms with Gasteiger partial charge in [0.25, 0.3) is 5.91 Å². The number of carbonyl (C=O) groups excluding carboxylic acids is 1. The lowest BCUT2D eigenvalue weighted by atomic mass is 10.3. The number of carbonyl (C=O) groups is 1. The van der Waals surface area contributed by atoms with Gasteiger partial charge in [0.2, 0.25) is 0 Å². The lowest BCUT2D eigenvalue weighted by Gasteiger charge is -2.04. The van der Waals surface area contributed by atoms with E-state index in [0.29, 0.717) is 22.3 Å². The number of benzene rings is 1. The lowest BCUT2D eigenvalue weighted by Crippen LogP contribution is -2.12.